The van der Waals surface area contributed by atoms with Gasteiger partial charge in [-0.25, -0.2) is 14.1 Å². The number of aliphatic hydroxyl groups is 1. The van der Waals surface area contributed by atoms with E-state index in [0.717, 1.165) is 4.21 Å². The predicted octanol–water partition coefficient (Wildman–Crippen LogP) is 2.34. The predicted molar refractivity (Wildman–Crippen MR) is 85.5 cm³/mol. The van der Waals surface area contributed by atoms with E-state index in [1.54, 1.807) is 29.3 Å². The summed E-state index contributed by atoms with van der Waals surface area (Å²) in [6.07, 6.45) is 4.61. The molecular formula is C14H14FN5OS2. The number of nitrogens with zero attached hydrogens (tertiary/aromatic N) is 5. The Morgan fingerprint density at radius 3 is 2.78 bits per heavy atom. The molecule has 0 saturated carbocycles. The molecule has 0 aliphatic rings. The van der Waals surface area contributed by atoms with Gasteiger partial charge in [-0.2, -0.15) is 5.10 Å². The third kappa shape index (κ3) is 3.57. The summed E-state index contributed by atoms with van der Waals surface area (Å²) in [5.74, 6) is -0.344. The molecule has 1 N–H and O–H groups in total. The van der Waals surface area contributed by atoms with Crippen LogP contribution in [0.2, 0.25) is 0 Å². The SMILES string of the molecule is C[C@@H](Sc1cnns1)[C@](O)(Cn1cncn1)c1ccc(F)cc1. The molecule has 2 aromatic heterocycles. The van der Waals surface area contributed by atoms with Gasteiger partial charge in [0.05, 0.1) is 12.7 Å². The van der Waals surface area contributed by atoms with Crippen LogP contribution in [0.5, 0.6) is 0 Å². The second-order valence-corrected chi connectivity index (χ2v) is 7.45. The van der Waals surface area contributed by atoms with Crippen LogP contribution in [0.4, 0.5) is 4.39 Å². The second-order valence-electron chi connectivity index (χ2n) is 5.02. The molecule has 0 fully saturated rings. The fraction of sp³-hybridized carbons (Fsp3) is 0.286. The zero-order chi connectivity index (χ0) is 16.3. The van der Waals surface area contributed by atoms with Crippen LogP contribution in [0, 0.1) is 5.82 Å². The molecule has 0 aliphatic carbocycles. The molecule has 0 unspecified atom stereocenters. The van der Waals surface area contributed by atoms with Gasteiger partial charge in [0, 0.05) is 5.25 Å². The Morgan fingerprint density at radius 2 is 2.17 bits per heavy atom. The largest absolute Gasteiger partial charge is 0.382 e. The van der Waals surface area contributed by atoms with Crippen LogP contribution < -0.4 is 0 Å². The average Bonchev–Trinajstić information content (AvgIpc) is 3.21. The summed E-state index contributed by atoms with van der Waals surface area (Å²) in [5, 5.41) is 19.0. The van der Waals surface area contributed by atoms with Crippen molar-refractivity contribution in [2.45, 2.75) is 28.5 Å². The fourth-order valence-corrected chi connectivity index (χ4v) is 4.07. The Hall–Kier alpha value is -1.84. The summed E-state index contributed by atoms with van der Waals surface area (Å²) in [6, 6.07) is 5.86. The summed E-state index contributed by atoms with van der Waals surface area (Å²) in [5.41, 5.74) is -0.636. The fourth-order valence-electron chi connectivity index (χ4n) is 2.24. The minimum absolute atomic E-state index is 0.207. The third-order valence-electron chi connectivity index (χ3n) is 3.52. The second kappa shape index (κ2) is 6.73. The molecule has 120 valence electrons. The number of rotatable bonds is 6. The lowest BCUT2D eigenvalue weighted by Crippen LogP contribution is -2.40. The van der Waals surface area contributed by atoms with Crippen LogP contribution in [0.1, 0.15) is 12.5 Å². The van der Waals surface area contributed by atoms with Gasteiger partial charge >= 0.3 is 0 Å². The number of aromatic nitrogens is 5. The smallest absolute Gasteiger partial charge is 0.137 e. The van der Waals surface area contributed by atoms with E-state index < -0.39 is 5.60 Å². The molecule has 2 atom stereocenters. The summed E-state index contributed by atoms with van der Waals surface area (Å²) >= 11 is 2.74. The van der Waals surface area contributed by atoms with Crippen molar-refractivity contribution in [2.75, 3.05) is 0 Å². The standard InChI is InChI=1S/C14H14FN5OS2/c1-10(22-13-6-17-19-23-13)14(21,7-20-9-16-8-18-20)11-2-4-12(15)5-3-11/h2-6,8-10,21H,7H2,1H3/t10-,14-/m1/s1. The zero-order valence-corrected chi connectivity index (χ0v) is 13.8. The van der Waals surface area contributed by atoms with E-state index >= 15 is 0 Å². The molecule has 1 aromatic carbocycles. The number of hydrogen-bond acceptors (Lipinski definition) is 7. The quantitative estimate of drug-likeness (QED) is 0.687. The van der Waals surface area contributed by atoms with Crippen LogP contribution in [-0.2, 0) is 12.1 Å². The monoisotopic (exact) mass is 351 g/mol. The Morgan fingerprint density at radius 1 is 1.39 bits per heavy atom. The van der Waals surface area contributed by atoms with E-state index in [9.17, 15) is 9.50 Å². The topological polar surface area (TPSA) is 76.7 Å². The molecule has 2 heterocycles. The number of thioether (sulfide) groups is 1. The maximum Gasteiger partial charge on any atom is 0.137 e. The van der Waals surface area contributed by atoms with Gasteiger partial charge in [-0.15, -0.1) is 16.9 Å². The van der Waals surface area contributed by atoms with Crippen LogP contribution in [-0.4, -0.2) is 34.7 Å². The lowest BCUT2D eigenvalue weighted by molar-refractivity contribution is 0.0167. The Balaban J connectivity index is 1.92. The van der Waals surface area contributed by atoms with Gasteiger partial charge in [0.15, 0.2) is 0 Å². The molecule has 9 heteroatoms. The minimum Gasteiger partial charge on any atom is -0.382 e. The molecule has 3 rings (SSSR count). The van der Waals surface area contributed by atoms with E-state index in [4.69, 9.17) is 0 Å². The number of halogens is 1. The van der Waals surface area contributed by atoms with E-state index in [1.165, 1.54) is 41.8 Å². The zero-order valence-electron chi connectivity index (χ0n) is 12.2. The molecule has 0 radical (unpaired) electrons. The van der Waals surface area contributed by atoms with Crippen molar-refractivity contribution in [1.29, 1.82) is 0 Å². The normalized spacial score (nSPS) is 15.3. The van der Waals surface area contributed by atoms with Gasteiger partial charge in [-0.3, -0.25) is 0 Å². The molecule has 0 saturated heterocycles. The highest BCUT2D eigenvalue weighted by Crippen LogP contribution is 2.38. The van der Waals surface area contributed by atoms with Gasteiger partial charge in [0.2, 0.25) is 0 Å². The van der Waals surface area contributed by atoms with Crippen molar-refractivity contribution in [1.82, 2.24) is 24.4 Å². The van der Waals surface area contributed by atoms with Crippen LogP contribution in [0.15, 0.2) is 47.3 Å². The number of hydrogen-bond donors (Lipinski definition) is 1. The first kappa shape index (κ1) is 16.0. The van der Waals surface area contributed by atoms with E-state index in [0.29, 0.717) is 5.56 Å². The molecule has 6 nitrogen and oxygen atoms in total. The van der Waals surface area contributed by atoms with Gasteiger partial charge in [-0.1, -0.05) is 16.6 Å². The first-order valence-corrected chi connectivity index (χ1v) is 8.48. The summed E-state index contributed by atoms with van der Waals surface area (Å²) in [4.78, 5) is 3.91. The Kier molecular flexibility index (Phi) is 4.69. The first-order valence-electron chi connectivity index (χ1n) is 6.83. The van der Waals surface area contributed by atoms with Gasteiger partial charge < -0.3 is 5.11 Å². The van der Waals surface area contributed by atoms with Crippen LogP contribution in [0.25, 0.3) is 0 Å². The average molecular weight is 351 g/mol. The van der Waals surface area contributed by atoms with E-state index in [1.807, 2.05) is 6.92 Å². The lowest BCUT2D eigenvalue weighted by atomic mass is 9.90. The van der Waals surface area contributed by atoms with E-state index in [2.05, 4.69) is 19.7 Å². The highest BCUT2D eigenvalue weighted by molar-refractivity contribution is 8.01. The molecule has 0 bridgehead atoms. The van der Waals surface area contributed by atoms with Crippen molar-refractivity contribution in [2.24, 2.45) is 0 Å². The number of benzene rings is 1. The summed E-state index contributed by atoms with van der Waals surface area (Å²) in [7, 11) is 0. The van der Waals surface area contributed by atoms with Crippen molar-refractivity contribution in [3.8, 4) is 0 Å². The molecule has 3 aromatic rings. The summed E-state index contributed by atoms with van der Waals surface area (Å²) < 4.78 is 19.5. The molecule has 0 spiro atoms. The molecule has 0 amide bonds. The van der Waals surface area contributed by atoms with E-state index in [-0.39, 0.29) is 17.6 Å². The van der Waals surface area contributed by atoms with Gasteiger partial charge in [-0.05, 0) is 36.2 Å². The minimum atomic E-state index is -1.25. The van der Waals surface area contributed by atoms with Crippen molar-refractivity contribution in [3.63, 3.8) is 0 Å². The van der Waals surface area contributed by atoms with Crippen LogP contribution in [0.3, 0.4) is 0 Å². The molecular weight excluding hydrogens is 337 g/mol. The molecule has 23 heavy (non-hydrogen) atoms. The van der Waals surface area contributed by atoms with Crippen molar-refractivity contribution < 1.29 is 9.50 Å². The third-order valence-corrected chi connectivity index (χ3v) is 5.58. The van der Waals surface area contributed by atoms with Crippen molar-refractivity contribution >= 4 is 23.3 Å². The summed E-state index contributed by atoms with van der Waals surface area (Å²) in [6.45, 7) is 2.11. The Labute approximate surface area is 140 Å². The lowest BCUT2D eigenvalue weighted by Gasteiger charge is -2.33. The van der Waals surface area contributed by atoms with Gasteiger partial charge in [0.1, 0.15) is 28.3 Å². The highest BCUT2D eigenvalue weighted by atomic mass is 32.2. The van der Waals surface area contributed by atoms with Crippen LogP contribution >= 0.6 is 23.3 Å². The highest BCUT2D eigenvalue weighted by Gasteiger charge is 2.37. The Bertz CT molecular complexity index is 735. The van der Waals surface area contributed by atoms with Gasteiger partial charge in [0.25, 0.3) is 0 Å². The first-order chi connectivity index (χ1) is 11.1. The van der Waals surface area contributed by atoms with Crippen molar-refractivity contribution in [3.05, 3.63) is 54.5 Å². The molecule has 0 aliphatic heterocycles. The maximum absolute atomic E-state index is 13.2. The maximum atomic E-state index is 13.2.